The zero-order valence-corrected chi connectivity index (χ0v) is 10.6. The molecular weight excluding hydrogens is 236 g/mol. The average Bonchev–Trinajstić information content (AvgIpc) is 2.89. The summed E-state index contributed by atoms with van der Waals surface area (Å²) in [6.45, 7) is 2.07. The van der Waals surface area contributed by atoms with Crippen molar-refractivity contribution in [1.82, 2.24) is 5.32 Å². The first-order valence-electron chi connectivity index (χ1n) is 5.84. The third-order valence-electron chi connectivity index (χ3n) is 3.65. The lowest BCUT2D eigenvalue weighted by atomic mass is 10.2. The first-order valence-corrected chi connectivity index (χ1v) is 7.73. The molecule has 3 rings (SSSR count). The summed E-state index contributed by atoms with van der Waals surface area (Å²) < 4.78 is 22.7. The molecule has 17 heavy (non-hydrogen) atoms. The van der Waals surface area contributed by atoms with Crippen molar-refractivity contribution >= 4 is 15.5 Å². The van der Waals surface area contributed by atoms with Gasteiger partial charge in [-0.15, -0.1) is 0 Å². The second-order valence-electron chi connectivity index (χ2n) is 4.91. The highest BCUT2D eigenvalue weighted by Gasteiger charge is 2.37. The first kappa shape index (κ1) is 11.0. The number of anilines is 1. The number of piperazine rings is 1. The van der Waals surface area contributed by atoms with Gasteiger partial charge in [0.25, 0.3) is 0 Å². The number of rotatable bonds is 2. The fourth-order valence-corrected chi connectivity index (χ4v) is 3.39. The molecule has 2 bridgehead atoms. The molecule has 1 N–H and O–H groups in total. The Morgan fingerprint density at radius 2 is 2.00 bits per heavy atom. The lowest BCUT2D eigenvalue weighted by Crippen LogP contribution is -2.43. The van der Waals surface area contributed by atoms with Gasteiger partial charge in [-0.2, -0.15) is 0 Å². The van der Waals surface area contributed by atoms with E-state index in [2.05, 4.69) is 10.2 Å². The van der Waals surface area contributed by atoms with Crippen molar-refractivity contribution in [3.8, 4) is 0 Å². The van der Waals surface area contributed by atoms with E-state index in [0.717, 1.165) is 18.8 Å². The maximum Gasteiger partial charge on any atom is 0.175 e. The Kier molecular flexibility index (Phi) is 2.41. The fourth-order valence-electron chi connectivity index (χ4n) is 2.76. The van der Waals surface area contributed by atoms with E-state index in [1.54, 1.807) is 12.1 Å². The molecule has 0 aromatic heterocycles. The smallest absolute Gasteiger partial charge is 0.175 e. The van der Waals surface area contributed by atoms with Crippen molar-refractivity contribution in [2.45, 2.75) is 23.4 Å². The fraction of sp³-hybridized carbons (Fsp3) is 0.500. The molecule has 0 saturated carbocycles. The molecule has 2 aliphatic rings. The van der Waals surface area contributed by atoms with Crippen LogP contribution in [0.5, 0.6) is 0 Å². The van der Waals surface area contributed by atoms with E-state index in [1.807, 2.05) is 12.1 Å². The molecule has 0 amide bonds. The predicted octanol–water partition coefficient (Wildman–Crippen LogP) is 0.641. The summed E-state index contributed by atoms with van der Waals surface area (Å²) in [5.74, 6) is 0. The lowest BCUT2D eigenvalue weighted by molar-refractivity contribution is 0.580. The number of hydrogen-bond donors (Lipinski definition) is 1. The van der Waals surface area contributed by atoms with E-state index < -0.39 is 9.84 Å². The maximum atomic E-state index is 11.4. The van der Waals surface area contributed by atoms with Gasteiger partial charge in [0.2, 0.25) is 0 Å². The summed E-state index contributed by atoms with van der Waals surface area (Å²) >= 11 is 0. The molecule has 2 fully saturated rings. The van der Waals surface area contributed by atoms with Crippen LogP contribution < -0.4 is 10.2 Å². The van der Waals surface area contributed by atoms with Crippen LogP contribution in [0.15, 0.2) is 29.2 Å². The van der Waals surface area contributed by atoms with Gasteiger partial charge in [0.1, 0.15) is 0 Å². The van der Waals surface area contributed by atoms with Gasteiger partial charge in [-0.3, -0.25) is 0 Å². The largest absolute Gasteiger partial charge is 0.366 e. The molecule has 2 saturated heterocycles. The van der Waals surface area contributed by atoms with Crippen LogP contribution in [0.3, 0.4) is 0 Å². The zero-order chi connectivity index (χ0) is 12.0. The quantitative estimate of drug-likeness (QED) is 0.839. The van der Waals surface area contributed by atoms with Crippen molar-refractivity contribution in [2.75, 3.05) is 24.2 Å². The monoisotopic (exact) mass is 252 g/mol. The van der Waals surface area contributed by atoms with Crippen LogP contribution in [0.2, 0.25) is 0 Å². The average molecular weight is 252 g/mol. The highest BCUT2D eigenvalue weighted by atomic mass is 32.2. The van der Waals surface area contributed by atoms with Crippen molar-refractivity contribution in [3.63, 3.8) is 0 Å². The molecule has 5 heteroatoms. The number of hydrogen-bond acceptors (Lipinski definition) is 4. The van der Waals surface area contributed by atoms with Crippen molar-refractivity contribution in [2.24, 2.45) is 0 Å². The van der Waals surface area contributed by atoms with E-state index >= 15 is 0 Å². The summed E-state index contributed by atoms with van der Waals surface area (Å²) in [7, 11) is -3.08. The molecule has 92 valence electrons. The summed E-state index contributed by atoms with van der Waals surface area (Å²) in [5.41, 5.74) is 1.13. The van der Waals surface area contributed by atoms with Crippen LogP contribution in [-0.2, 0) is 9.84 Å². The molecular formula is C12H16N2O2S. The maximum absolute atomic E-state index is 11.4. The third-order valence-corrected chi connectivity index (χ3v) is 4.78. The van der Waals surface area contributed by atoms with E-state index in [-0.39, 0.29) is 0 Å². The highest BCUT2D eigenvalue weighted by molar-refractivity contribution is 7.90. The van der Waals surface area contributed by atoms with Gasteiger partial charge in [-0.1, -0.05) is 0 Å². The van der Waals surface area contributed by atoms with Gasteiger partial charge in [0.05, 0.1) is 4.90 Å². The standard InChI is InChI=1S/C12H16N2O2S/c1-17(15,16)12-4-2-10(3-5-12)14-8-9-6-11(14)7-13-9/h2-5,9,11,13H,6-8H2,1H3. The number of benzene rings is 1. The van der Waals surface area contributed by atoms with Crippen molar-refractivity contribution in [1.29, 1.82) is 0 Å². The lowest BCUT2D eigenvalue weighted by Gasteiger charge is -2.29. The second kappa shape index (κ2) is 3.71. The summed E-state index contributed by atoms with van der Waals surface area (Å²) in [4.78, 5) is 2.76. The number of sulfone groups is 1. The first-order chi connectivity index (χ1) is 8.04. The van der Waals surface area contributed by atoms with E-state index in [1.165, 1.54) is 12.7 Å². The molecule has 4 nitrogen and oxygen atoms in total. The Bertz CT molecular complexity index is 524. The Balaban J connectivity index is 1.86. The second-order valence-corrected chi connectivity index (χ2v) is 6.93. The van der Waals surface area contributed by atoms with Crippen LogP contribution in [0.4, 0.5) is 5.69 Å². The summed E-state index contributed by atoms with van der Waals surface area (Å²) in [5, 5.41) is 3.45. The Morgan fingerprint density at radius 3 is 2.47 bits per heavy atom. The van der Waals surface area contributed by atoms with Gasteiger partial charge >= 0.3 is 0 Å². The van der Waals surface area contributed by atoms with Crippen LogP contribution in [0, 0.1) is 0 Å². The molecule has 1 aromatic carbocycles. The predicted molar refractivity (Wildman–Crippen MR) is 67.1 cm³/mol. The Labute approximate surface area is 102 Å². The molecule has 0 radical (unpaired) electrons. The molecule has 1 aromatic rings. The zero-order valence-electron chi connectivity index (χ0n) is 9.76. The normalized spacial score (nSPS) is 27.7. The van der Waals surface area contributed by atoms with Gasteiger partial charge in [-0.25, -0.2) is 8.42 Å². The van der Waals surface area contributed by atoms with Crippen LogP contribution >= 0.6 is 0 Å². The molecule has 2 heterocycles. The molecule has 0 aliphatic carbocycles. The van der Waals surface area contributed by atoms with Crippen LogP contribution in [0.1, 0.15) is 6.42 Å². The van der Waals surface area contributed by atoms with E-state index in [4.69, 9.17) is 0 Å². The molecule has 2 unspecified atom stereocenters. The SMILES string of the molecule is CS(=O)(=O)c1ccc(N2CC3CC2CN3)cc1. The Morgan fingerprint density at radius 1 is 1.29 bits per heavy atom. The van der Waals surface area contributed by atoms with Gasteiger partial charge in [0.15, 0.2) is 9.84 Å². The van der Waals surface area contributed by atoms with Gasteiger partial charge in [-0.05, 0) is 30.7 Å². The van der Waals surface area contributed by atoms with Crippen molar-refractivity contribution in [3.05, 3.63) is 24.3 Å². The number of nitrogens with one attached hydrogen (secondary N) is 1. The molecule has 2 aliphatic heterocycles. The van der Waals surface area contributed by atoms with Crippen LogP contribution in [0.25, 0.3) is 0 Å². The highest BCUT2D eigenvalue weighted by Crippen LogP contribution is 2.29. The molecule has 0 spiro atoms. The minimum Gasteiger partial charge on any atom is -0.366 e. The number of fused-ring (bicyclic) bond motifs is 2. The topological polar surface area (TPSA) is 49.4 Å². The van der Waals surface area contributed by atoms with Crippen molar-refractivity contribution < 1.29 is 8.42 Å². The Hall–Kier alpha value is -1.07. The van der Waals surface area contributed by atoms with Gasteiger partial charge in [0, 0.05) is 37.1 Å². The minimum absolute atomic E-state index is 0.392. The third kappa shape index (κ3) is 1.93. The number of nitrogens with zero attached hydrogens (tertiary/aromatic N) is 1. The van der Waals surface area contributed by atoms with Crippen LogP contribution in [-0.4, -0.2) is 39.8 Å². The minimum atomic E-state index is -3.08. The summed E-state index contributed by atoms with van der Waals surface area (Å²) in [6, 6.07) is 8.40. The van der Waals surface area contributed by atoms with E-state index in [9.17, 15) is 8.42 Å². The van der Waals surface area contributed by atoms with Gasteiger partial charge < -0.3 is 10.2 Å². The summed E-state index contributed by atoms with van der Waals surface area (Å²) in [6.07, 6.45) is 2.44. The molecule has 2 atom stereocenters. The van der Waals surface area contributed by atoms with E-state index in [0.29, 0.717) is 17.0 Å².